The highest BCUT2D eigenvalue weighted by molar-refractivity contribution is 7.90. The number of carbonyl (C=O) groups is 1. The van der Waals surface area contributed by atoms with E-state index in [9.17, 15) is 13.2 Å². The van der Waals surface area contributed by atoms with Crippen LogP contribution in [0, 0.1) is 0 Å². The van der Waals surface area contributed by atoms with Crippen LogP contribution >= 0.6 is 0 Å². The zero-order chi connectivity index (χ0) is 25.2. The molecule has 2 atom stereocenters. The molecule has 184 valence electrons. The maximum absolute atomic E-state index is 12.9. The van der Waals surface area contributed by atoms with Gasteiger partial charge < -0.3 is 9.64 Å². The van der Waals surface area contributed by atoms with E-state index < -0.39 is 15.4 Å². The summed E-state index contributed by atoms with van der Waals surface area (Å²) in [6, 6.07) is 25.7. The van der Waals surface area contributed by atoms with E-state index in [1.165, 1.54) is 11.8 Å². The van der Waals surface area contributed by atoms with Crippen molar-refractivity contribution >= 4 is 15.9 Å². The first kappa shape index (κ1) is 25.0. The Morgan fingerprint density at radius 1 is 0.857 bits per heavy atom. The molecule has 1 amide bonds. The first-order valence-corrected chi connectivity index (χ1v) is 13.8. The minimum atomic E-state index is -3.30. The van der Waals surface area contributed by atoms with Crippen molar-refractivity contribution < 1.29 is 17.9 Å². The Kier molecular flexibility index (Phi) is 7.04. The van der Waals surface area contributed by atoms with Gasteiger partial charge in [0.25, 0.3) is 0 Å². The van der Waals surface area contributed by atoms with Crippen molar-refractivity contribution in [2.45, 2.75) is 49.5 Å². The summed E-state index contributed by atoms with van der Waals surface area (Å²) in [4.78, 5) is 15.0. The molecular weight excluding hydrogens is 458 g/mol. The number of amides is 1. The van der Waals surface area contributed by atoms with E-state index in [4.69, 9.17) is 4.74 Å². The standard InChI is InChI=1S/C29H33NO4S/c1-29(2,3)34-28(31)30-17-16-26(21-10-6-5-7-11-21)27(20-30)24-14-8-12-22(18-24)23-13-9-15-25(19-23)35(4,32)33/h5-15,18-19,26-27H,16-17,20H2,1-4H3/t26-,27+/m0/s1. The number of nitrogens with zero attached hydrogens (tertiary/aromatic N) is 1. The quantitative estimate of drug-likeness (QED) is 0.432. The molecule has 0 spiro atoms. The van der Waals surface area contributed by atoms with Gasteiger partial charge in [-0.25, -0.2) is 13.2 Å². The summed E-state index contributed by atoms with van der Waals surface area (Å²) in [5, 5.41) is 0. The third-order valence-electron chi connectivity index (χ3n) is 6.40. The van der Waals surface area contributed by atoms with Gasteiger partial charge in [-0.3, -0.25) is 0 Å². The van der Waals surface area contributed by atoms with Crippen molar-refractivity contribution in [2.24, 2.45) is 0 Å². The predicted octanol–water partition coefficient (Wildman–Crippen LogP) is 6.27. The minimum absolute atomic E-state index is 0.0803. The lowest BCUT2D eigenvalue weighted by Gasteiger charge is -2.39. The molecule has 6 heteroatoms. The zero-order valence-corrected chi connectivity index (χ0v) is 21.6. The van der Waals surface area contributed by atoms with Crippen LogP contribution in [-0.4, -0.2) is 44.4 Å². The fourth-order valence-corrected chi connectivity index (χ4v) is 5.40. The number of benzene rings is 3. The number of piperidine rings is 1. The number of likely N-dealkylation sites (tertiary alicyclic amines) is 1. The van der Waals surface area contributed by atoms with E-state index in [0.717, 1.165) is 23.1 Å². The van der Waals surface area contributed by atoms with Crippen molar-refractivity contribution in [2.75, 3.05) is 19.3 Å². The Morgan fingerprint density at radius 3 is 2.14 bits per heavy atom. The molecule has 0 radical (unpaired) electrons. The Hall–Kier alpha value is -3.12. The highest BCUT2D eigenvalue weighted by Crippen LogP contribution is 2.41. The van der Waals surface area contributed by atoms with Crippen LogP contribution in [0.5, 0.6) is 0 Å². The fraction of sp³-hybridized carbons (Fsp3) is 0.345. The van der Waals surface area contributed by atoms with E-state index in [0.29, 0.717) is 18.0 Å². The first-order chi connectivity index (χ1) is 16.5. The molecule has 1 saturated heterocycles. The lowest BCUT2D eigenvalue weighted by Crippen LogP contribution is -2.44. The Morgan fingerprint density at radius 2 is 1.49 bits per heavy atom. The number of hydrogen-bond acceptors (Lipinski definition) is 4. The maximum atomic E-state index is 12.9. The summed E-state index contributed by atoms with van der Waals surface area (Å²) in [5.74, 6) is 0.337. The fourth-order valence-electron chi connectivity index (χ4n) is 4.74. The molecule has 1 aliphatic rings. The second-order valence-electron chi connectivity index (χ2n) is 10.3. The van der Waals surface area contributed by atoms with Crippen molar-refractivity contribution in [3.05, 3.63) is 90.0 Å². The normalized spacial score (nSPS) is 18.8. The predicted molar refractivity (Wildman–Crippen MR) is 139 cm³/mol. The zero-order valence-electron chi connectivity index (χ0n) is 20.8. The Labute approximate surface area is 208 Å². The van der Waals surface area contributed by atoms with E-state index in [1.807, 2.05) is 49.9 Å². The summed E-state index contributed by atoms with van der Waals surface area (Å²) in [6.45, 7) is 6.84. The van der Waals surface area contributed by atoms with E-state index in [1.54, 1.807) is 18.2 Å². The monoisotopic (exact) mass is 491 g/mol. The average molecular weight is 492 g/mol. The lowest BCUT2D eigenvalue weighted by atomic mass is 9.76. The molecule has 0 saturated carbocycles. The molecule has 1 heterocycles. The third-order valence-corrected chi connectivity index (χ3v) is 7.51. The molecular formula is C29H33NO4S. The van der Waals surface area contributed by atoms with Crippen molar-refractivity contribution in [3.8, 4) is 11.1 Å². The molecule has 0 bridgehead atoms. The molecule has 0 unspecified atom stereocenters. The van der Waals surface area contributed by atoms with Gasteiger partial charge in [-0.15, -0.1) is 0 Å². The second-order valence-corrected chi connectivity index (χ2v) is 12.3. The second kappa shape index (κ2) is 9.86. The largest absolute Gasteiger partial charge is 0.444 e. The highest BCUT2D eigenvalue weighted by atomic mass is 32.2. The van der Waals surface area contributed by atoms with E-state index >= 15 is 0 Å². The molecule has 0 N–H and O–H groups in total. The van der Waals surface area contributed by atoms with E-state index in [-0.39, 0.29) is 17.9 Å². The van der Waals surface area contributed by atoms with Gasteiger partial charge in [0, 0.05) is 25.3 Å². The summed E-state index contributed by atoms with van der Waals surface area (Å²) in [5.41, 5.74) is 3.63. The van der Waals surface area contributed by atoms with Gasteiger partial charge in [0.05, 0.1) is 4.90 Å². The van der Waals surface area contributed by atoms with Gasteiger partial charge in [-0.2, -0.15) is 0 Å². The first-order valence-electron chi connectivity index (χ1n) is 11.9. The molecule has 3 aromatic carbocycles. The number of hydrogen-bond donors (Lipinski definition) is 0. The molecule has 5 nitrogen and oxygen atoms in total. The van der Waals surface area contributed by atoms with Crippen molar-refractivity contribution in [1.29, 1.82) is 0 Å². The Bertz CT molecular complexity index is 1300. The SMILES string of the molecule is CC(C)(C)OC(=O)N1CC[C@@H](c2ccccc2)[C@@H](c2cccc(-c3cccc(S(C)(=O)=O)c3)c2)C1. The molecule has 1 fully saturated rings. The Balaban J connectivity index is 1.70. The van der Waals surface area contributed by atoms with Crippen LogP contribution < -0.4 is 0 Å². The third kappa shape index (κ3) is 6.12. The van der Waals surface area contributed by atoms with Gasteiger partial charge in [0.1, 0.15) is 5.60 Å². The van der Waals surface area contributed by atoms with E-state index in [2.05, 4.69) is 36.4 Å². The molecule has 4 rings (SSSR count). The van der Waals surface area contributed by atoms with Crippen LogP contribution in [0.3, 0.4) is 0 Å². The van der Waals surface area contributed by atoms with Crippen LogP contribution in [0.15, 0.2) is 83.8 Å². The van der Waals surface area contributed by atoms with Crippen LogP contribution in [0.1, 0.15) is 50.2 Å². The van der Waals surface area contributed by atoms with Crippen LogP contribution in [0.4, 0.5) is 4.79 Å². The topological polar surface area (TPSA) is 63.7 Å². The van der Waals surface area contributed by atoms with Gasteiger partial charge >= 0.3 is 6.09 Å². The van der Waals surface area contributed by atoms with Crippen molar-refractivity contribution in [1.82, 2.24) is 4.90 Å². The highest BCUT2D eigenvalue weighted by Gasteiger charge is 2.35. The van der Waals surface area contributed by atoms with Crippen LogP contribution in [0.25, 0.3) is 11.1 Å². The smallest absolute Gasteiger partial charge is 0.410 e. The van der Waals surface area contributed by atoms with Crippen LogP contribution in [0.2, 0.25) is 0 Å². The molecule has 3 aromatic rings. The number of ether oxygens (including phenoxy) is 1. The number of carbonyl (C=O) groups excluding carboxylic acids is 1. The summed E-state index contributed by atoms with van der Waals surface area (Å²) >= 11 is 0. The maximum Gasteiger partial charge on any atom is 0.410 e. The van der Waals surface area contributed by atoms with Gasteiger partial charge in [-0.1, -0.05) is 66.7 Å². The van der Waals surface area contributed by atoms with Gasteiger partial charge in [0.2, 0.25) is 0 Å². The average Bonchev–Trinajstić information content (AvgIpc) is 2.83. The van der Waals surface area contributed by atoms with Gasteiger partial charge in [-0.05, 0) is 67.5 Å². The van der Waals surface area contributed by atoms with Crippen molar-refractivity contribution in [3.63, 3.8) is 0 Å². The van der Waals surface area contributed by atoms with Crippen LogP contribution in [-0.2, 0) is 14.6 Å². The summed E-state index contributed by atoms with van der Waals surface area (Å²) in [6.07, 6.45) is 1.77. The molecule has 35 heavy (non-hydrogen) atoms. The molecule has 0 aromatic heterocycles. The molecule has 1 aliphatic heterocycles. The minimum Gasteiger partial charge on any atom is -0.444 e. The summed E-state index contributed by atoms with van der Waals surface area (Å²) < 4.78 is 29.8. The summed E-state index contributed by atoms with van der Waals surface area (Å²) in [7, 11) is -3.30. The number of rotatable bonds is 4. The lowest BCUT2D eigenvalue weighted by molar-refractivity contribution is 0.0184. The molecule has 0 aliphatic carbocycles. The number of sulfone groups is 1. The van der Waals surface area contributed by atoms with Gasteiger partial charge in [0.15, 0.2) is 9.84 Å².